The Balaban J connectivity index is 1.53. The van der Waals surface area contributed by atoms with Crippen LogP contribution in [0.5, 0.6) is 0 Å². The van der Waals surface area contributed by atoms with E-state index in [1.54, 1.807) is 18.7 Å². The Morgan fingerprint density at radius 1 is 1.17 bits per heavy atom. The molecule has 42 heavy (non-hydrogen) atoms. The highest BCUT2D eigenvalue weighted by molar-refractivity contribution is 6.00. The molecule has 1 fully saturated rings. The van der Waals surface area contributed by atoms with E-state index in [1.807, 2.05) is 30.3 Å². The van der Waals surface area contributed by atoms with E-state index in [9.17, 15) is 19.2 Å². The van der Waals surface area contributed by atoms with E-state index in [4.69, 9.17) is 14.2 Å². The number of nitrogens with one attached hydrogen (secondary N) is 3. The maximum atomic E-state index is 13.6. The molecule has 2 aliphatic rings. The van der Waals surface area contributed by atoms with Crippen molar-refractivity contribution in [3.05, 3.63) is 53.3 Å². The van der Waals surface area contributed by atoms with Gasteiger partial charge in [-0.15, -0.1) is 0 Å². The summed E-state index contributed by atoms with van der Waals surface area (Å²) in [6.07, 6.45) is 5.92. The fraction of sp³-hybridized carbons (Fsp3) is 0.567. The zero-order chi connectivity index (χ0) is 30.1. The highest BCUT2D eigenvalue weighted by atomic mass is 16.6. The average molecular weight is 584 g/mol. The van der Waals surface area contributed by atoms with Crippen molar-refractivity contribution < 1.29 is 33.4 Å². The molecule has 0 aliphatic carbocycles. The molecular formula is C30H41N5O7. The Morgan fingerprint density at radius 2 is 1.90 bits per heavy atom. The van der Waals surface area contributed by atoms with Crippen molar-refractivity contribution >= 4 is 23.5 Å². The molecule has 2 aromatic rings. The summed E-state index contributed by atoms with van der Waals surface area (Å²) in [5.41, 5.74) is 1.10. The van der Waals surface area contributed by atoms with Gasteiger partial charge in [-0.2, -0.15) is 5.10 Å². The fourth-order valence-electron chi connectivity index (χ4n) is 4.99. The lowest BCUT2D eigenvalue weighted by Gasteiger charge is -2.26. The summed E-state index contributed by atoms with van der Waals surface area (Å²) in [4.78, 5) is 53.5. The van der Waals surface area contributed by atoms with Crippen LogP contribution in [0, 0.1) is 0 Å². The summed E-state index contributed by atoms with van der Waals surface area (Å²) < 4.78 is 18.1. The molecule has 2 aliphatic heterocycles. The zero-order valence-electron chi connectivity index (χ0n) is 24.5. The first-order valence-corrected chi connectivity index (χ1v) is 14.4. The number of Topliss-reactive ketones (excluding diaryl/α,β-unsaturated/α-hetero) is 1. The first-order valence-electron chi connectivity index (χ1n) is 14.4. The van der Waals surface area contributed by atoms with Gasteiger partial charge >= 0.3 is 0 Å². The van der Waals surface area contributed by atoms with Gasteiger partial charge in [0.15, 0.2) is 5.78 Å². The van der Waals surface area contributed by atoms with Crippen molar-refractivity contribution in [1.29, 1.82) is 0 Å². The quantitative estimate of drug-likeness (QED) is 0.387. The van der Waals surface area contributed by atoms with Gasteiger partial charge in [0.05, 0.1) is 43.3 Å². The lowest BCUT2D eigenvalue weighted by Crippen LogP contribution is -2.59. The topological polar surface area (TPSA) is 153 Å². The van der Waals surface area contributed by atoms with Crippen LogP contribution in [0.2, 0.25) is 0 Å². The molecule has 0 unspecified atom stereocenters. The minimum absolute atomic E-state index is 0.0992. The second-order valence-corrected chi connectivity index (χ2v) is 11.0. The van der Waals surface area contributed by atoms with Gasteiger partial charge in [0, 0.05) is 20.8 Å². The highest BCUT2D eigenvalue weighted by Gasteiger charge is 2.50. The molecule has 4 rings (SSSR count). The maximum absolute atomic E-state index is 13.6. The summed E-state index contributed by atoms with van der Waals surface area (Å²) in [6, 6.07) is 6.29. The molecule has 12 nitrogen and oxygen atoms in total. The van der Waals surface area contributed by atoms with Gasteiger partial charge in [0.2, 0.25) is 11.8 Å². The van der Waals surface area contributed by atoms with E-state index in [1.165, 1.54) is 13.3 Å². The number of amides is 3. The molecule has 4 atom stereocenters. The number of nitrogens with zero attached hydrogens (tertiary/aromatic N) is 2. The number of ketones is 1. The Labute approximate surface area is 245 Å². The number of epoxide rings is 1. The number of hydrogen-bond acceptors (Lipinski definition) is 8. The normalized spacial score (nSPS) is 24.5. The Bertz CT molecular complexity index is 1240. The van der Waals surface area contributed by atoms with Crippen molar-refractivity contribution in [2.75, 3.05) is 33.5 Å². The fourth-order valence-corrected chi connectivity index (χ4v) is 4.99. The van der Waals surface area contributed by atoms with E-state index in [0.29, 0.717) is 18.6 Å². The zero-order valence-corrected chi connectivity index (χ0v) is 24.5. The molecule has 3 N–H and O–H groups in total. The van der Waals surface area contributed by atoms with Crippen LogP contribution in [-0.2, 0) is 48.5 Å². The third kappa shape index (κ3) is 8.24. The number of aryl methyl sites for hydroxylation is 1. The summed E-state index contributed by atoms with van der Waals surface area (Å²) in [6.45, 7) is 2.17. The Hall–Kier alpha value is -3.61. The standard InChI is InChI=1S/C30H41N5O7/c1-30(19-42-30)26(36)22(15-20-11-7-6-8-12-20)32-29(39)24-18-41-14-10-5-4-9-13-25-21(16-31-35(25)2)27(37)33-23(17-40-3)28(38)34-24/h6-8,11-12,16,22-24H,4-5,9-10,13-15,17-19H2,1-3H3,(H,32,39)(H,33,37)(H,34,38)/t22-,23-,24-,30+/m0/s1. The van der Waals surface area contributed by atoms with Crippen LogP contribution in [0.4, 0.5) is 0 Å². The van der Waals surface area contributed by atoms with Gasteiger partial charge in [-0.1, -0.05) is 43.2 Å². The van der Waals surface area contributed by atoms with Crippen molar-refractivity contribution in [2.24, 2.45) is 7.05 Å². The molecule has 0 radical (unpaired) electrons. The second-order valence-electron chi connectivity index (χ2n) is 11.0. The van der Waals surface area contributed by atoms with Crippen molar-refractivity contribution in [3.63, 3.8) is 0 Å². The van der Waals surface area contributed by atoms with Crippen LogP contribution >= 0.6 is 0 Å². The number of methoxy groups -OCH3 is 1. The molecule has 3 heterocycles. The Kier molecular flexibility index (Phi) is 10.8. The van der Waals surface area contributed by atoms with E-state index >= 15 is 0 Å². The number of benzene rings is 1. The maximum Gasteiger partial charge on any atom is 0.255 e. The third-order valence-electron chi connectivity index (χ3n) is 7.65. The van der Waals surface area contributed by atoms with Gasteiger partial charge < -0.3 is 30.2 Å². The van der Waals surface area contributed by atoms with Crippen molar-refractivity contribution in [2.45, 2.75) is 69.2 Å². The summed E-state index contributed by atoms with van der Waals surface area (Å²) in [5, 5.41) is 12.5. The number of hydrogen-bond donors (Lipinski definition) is 3. The minimum Gasteiger partial charge on any atom is -0.382 e. The van der Waals surface area contributed by atoms with Gasteiger partial charge in [0.25, 0.3) is 5.91 Å². The van der Waals surface area contributed by atoms with Gasteiger partial charge in [-0.3, -0.25) is 23.9 Å². The Morgan fingerprint density at radius 3 is 2.62 bits per heavy atom. The minimum atomic E-state index is -1.12. The molecule has 0 spiro atoms. The molecular weight excluding hydrogens is 542 g/mol. The summed E-state index contributed by atoms with van der Waals surface area (Å²) >= 11 is 0. The molecule has 0 bridgehead atoms. The van der Waals surface area contributed by atoms with E-state index in [0.717, 1.165) is 36.9 Å². The molecule has 1 aromatic carbocycles. The molecule has 1 saturated heterocycles. The number of ether oxygens (including phenoxy) is 3. The average Bonchev–Trinajstić information content (AvgIpc) is 3.62. The van der Waals surface area contributed by atoms with E-state index in [2.05, 4.69) is 21.0 Å². The van der Waals surface area contributed by atoms with Crippen LogP contribution in [-0.4, -0.2) is 90.5 Å². The van der Waals surface area contributed by atoms with Gasteiger partial charge in [-0.25, -0.2) is 0 Å². The summed E-state index contributed by atoms with van der Waals surface area (Å²) in [5.74, 6) is -1.88. The molecule has 1 aromatic heterocycles. The number of rotatable bonds is 8. The number of fused-ring (bicyclic) bond motifs is 1. The van der Waals surface area contributed by atoms with Crippen LogP contribution < -0.4 is 16.0 Å². The first-order chi connectivity index (χ1) is 20.2. The van der Waals surface area contributed by atoms with Crippen molar-refractivity contribution in [1.82, 2.24) is 25.7 Å². The second kappa shape index (κ2) is 14.5. The van der Waals surface area contributed by atoms with Crippen molar-refractivity contribution in [3.8, 4) is 0 Å². The van der Waals surface area contributed by atoms with Gasteiger partial charge in [0.1, 0.15) is 17.7 Å². The SMILES string of the molecule is COC[C@@H]1NC(=O)c2cnn(C)c2CCCCCCOC[C@@H](C(=O)N[C@@H](Cc2ccccc2)C(=O)[C@@]2(C)CO2)NC1=O. The third-order valence-corrected chi connectivity index (χ3v) is 7.65. The lowest BCUT2D eigenvalue weighted by molar-refractivity contribution is -0.134. The smallest absolute Gasteiger partial charge is 0.255 e. The lowest BCUT2D eigenvalue weighted by atomic mass is 9.94. The largest absolute Gasteiger partial charge is 0.382 e. The van der Waals surface area contributed by atoms with E-state index in [-0.39, 0.29) is 32.0 Å². The van der Waals surface area contributed by atoms with Crippen LogP contribution in [0.25, 0.3) is 0 Å². The highest BCUT2D eigenvalue weighted by Crippen LogP contribution is 2.29. The monoisotopic (exact) mass is 583 g/mol. The summed E-state index contributed by atoms with van der Waals surface area (Å²) in [7, 11) is 3.20. The van der Waals surface area contributed by atoms with Crippen LogP contribution in [0.3, 0.4) is 0 Å². The van der Waals surface area contributed by atoms with Crippen LogP contribution in [0.15, 0.2) is 36.5 Å². The molecule has 3 amide bonds. The molecule has 0 saturated carbocycles. The first kappa shape index (κ1) is 31.3. The van der Waals surface area contributed by atoms with E-state index < -0.39 is 41.4 Å². The number of carbonyl (C=O) groups excluding carboxylic acids is 4. The number of aromatic nitrogens is 2. The predicted octanol–water partition coefficient (Wildman–Crippen LogP) is 0.868. The molecule has 12 heteroatoms. The number of carbonyl (C=O) groups is 4. The molecule has 228 valence electrons. The van der Waals surface area contributed by atoms with Crippen LogP contribution in [0.1, 0.15) is 54.2 Å². The van der Waals surface area contributed by atoms with Gasteiger partial charge in [-0.05, 0) is 38.2 Å². The predicted molar refractivity (Wildman–Crippen MR) is 153 cm³/mol.